The van der Waals surface area contributed by atoms with Crippen LogP contribution in [-0.4, -0.2) is 28.1 Å². The summed E-state index contributed by atoms with van der Waals surface area (Å²) in [4.78, 5) is 22.3. The van der Waals surface area contributed by atoms with Gasteiger partial charge in [-0.3, -0.25) is 4.90 Å². The van der Waals surface area contributed by atoms with E-state index in [0.717, 1.165) is 37.2 Å². The van der Waals surface area contributed by atoms with Gasteiger partial charge < -0.3 is 4.74 Å². The molecule has 0 spiro atoms. The van der Waals surface area contributed by atoms with Crippen molar-refractivity contribution in [3.8, 4) is 0 Å². The molecular weight excluding hydrogens is 410 g/mol. The third-order valence-corrected chi connectivity index (χ3v) is 5.82. The Hall–Kier alpha value is -3.18. The van der Waals surface area contributed by atoms with Crippen molar-refractivity contribution in [2.45, 2.75) is 58.2 Å². The lowest BCUT2D eigenvalue weighted by Crippen LogP contribution is -2.37. The number of para-hydroxylation sites is 1. The second-order valence-corrected chi connectivity index (χ2v) is 9.54. The minimum Gasteiger partial charge on any atom is -0.443 e. The van der Waals surface area contributed by atoms with Gasteiger partial charge in [0.2, 0.25) is 0 Å². The lowest BCUT2D eigenvalue weighted by atomic mass is 9.94. The number of anilines is 2. The van der Waals surface area contributed by atoms with E-state index in [9.17, 15) is 4.79 Å². The normalized spacial score (nSPS) is 16.9. The molecule has 4 rings (SSSR count). The molecule has 33 heavy (non-hydrogen) atoms. The van der Waals surface area contributed by atoms with E-state index in [1.807, 2.05) is 57.2 Å². The van der Waals surface area contributed by atoms with Crippen LogP contribution in [0.2, 0.25) is 0 Å². The Labute approximate surface area is 197 Å². The van der Waals surface area contributed by atoms with E-state index in [-0.39, 0.29) is 6.04 Å². The molecule has 5 heteroatoms. The van der Waals surface area contributed by atoms with Gasteiger partial charge in [-0.2, -0.15) is 0 Å². The molecule has 172 valence electrons. The van der Waals surface area contributed by atoms with Crippen LogP contribution in [-0.2, 0) is 11.3 Å². The molecule has 0 bridgehead atoms. The zero-order valence-corrected chi connectivity index (χ0v) is 19.8. The molecule has 0 saturated carbocycles. The van der Waals surface area contributed by atoms with Gasteiger partial charge in [0.05, 0.1) is 5.69 Å². The molecule has 3 aromatic rings. The molecule has 1 fully saturated rings. The zero-order valence-electron chi connectivity index (χ0n) is 19.8. The minimum absolute atomic E-state index is 0.177. The molecule has 2 heterocycles. The molecule has 0 unspecified atom stereocenters. The number of carbonyl (C=O) groups is 1. The molecular formula is C28H33N3O2. The van der Waals surface area contributed by atoms with Crippen LogP contribution in [0, 0.1) is 0 Å². The van der Waals surface area contributed by atoms with Gasteiger partial charge in [-0.05, 0) is 63.9 Å². The molecule has 2 aromatic carbocycles. The van der Waals surface area contributed by atoms with Gasteiger partial charge >= 0.3 is 6.09 Å². The number of hydrogen-bond donors (Lipinski definition) is 0. The number of amides is 1. The lowest BCUT2D eigenvalue weighted by Gasteiger charge is -2.38. The molecule has 0 radical (unpaired) electrons. The number of pyridine rings is 1. The van der Waals surface area contributed by atoms with Crippen molar-refractivity contribution in [3.05, 3.63) is 90.1 Å². The molecule has 1 aliphatic rings. The number of piperidine rings is 1. The number of aromatic nitrogens is 1. The Morgan fingerprint density at radius 2 is 1.70 bits per heavy atom. The summed E-state index contributed by atoms with van der Waals surface area (Å²) in [6, 6.07) is 24.5. The van der Waals surface area contributed by atoms with Crippen molar-refractivity contribution in [3.63, 3.8) is 0 Å². The summed E-state index contributed by atoms with van der Waals surface area (Å²) >= 11 is 0. The van der Waals surface area contributed by atoms with Gasteiger partial charge in [0.1, 0.15) is 11.4 Å². The highest BCUT2D eigenvalue weighted by Gasteiger charge is 2.32. The summed E-state index contributed by atoms with van der Waals surface area (Å²) in [7, 11) is 0. The van der Waals surface area contributed by atoms with Gasteiger partial charge in [-0.25, -0.2) is 14.7 Å². The molecule has 1 aliphatic heterocycles. The summed E-state index contributed by atoms with van der Waals surface area (Å²) < 4.78 is 5.81. The van der Waals surface area contributed by atoms with E-state index in [4.69, 9.17) is 9.72 Å². The van der Waals surface area contributed by atoms with E-state index in [1.165, 1.54) is 12.0 Å². The van der Waals surface area contributed by atoms with Crippen LogP contribution < -0.4 is 4.90 Å². The highest BCUT2D eigenvalue weighted by molar-refractivity contribution is 5.96. The van der Waals surface area contributed by atoms with Gasteiger partial charge in [0, 0.05) is 24.3 Å². The van der Waals surface area contributed by atoms with Crippen molar-refractivity contribution >= 4 is 17.6 Å². The minimum atomic E-state index is -0.608. The van der Waals surface area contributed by atoms with Crippen LogP contribution in [0.1, 0.15) is 57.2 Å². The largest absolute Gasteiger partial charge is 0.443 e. The first-order valence-corrected chi connectivity index (χ1v) is 11.7. The molecule has 0 N–H and O–H groups in total. The van der Waals surface area contributed by atoms with E-state index < -0.39 is 11.7 Å². The summed E-state index contributed by atoms with van der Waals surface area (Å²) in [6.07, 6.45) is 4.70. The fraction of sp³-hybridized carbons (Fsp3) is 0.357. The van der Waals surface area contributed by atoms with Gasteiger partial charge in [0.25, 0.3) is 0 Å². The zero-order chi connectivity index (χ0) is 23.3. The van der Waals surface area contributed by atoms with Crippen LogP contribution in [0.5, 0.6) is 0 Å². The predicted molar refractivity (Wildman–Crippen MR) is 132 cm³/mol. The van der Waals surface area contributed by atoms with Crippen LogP contribution in [0.3, 0.4) is 0 Å². The van der Waals surface area contributed by atoms with Crippen LogP contribution >= 0.6 is 0 Å². The van der Waals surface area contributed by atoms with Crippen LogP contribution in [0.15, 0.2) is 79.0 Å². The Balaban J connectivity index is 1.73. The van der Waals surface area contributed by atoms with Gasteiger partial charge in [0.15, 0.2) is 0 Å². The van der Waals surface area contributed by atoms with Crippen molar-refractivity contribution < 1.29 is 9.53 Å². The summed E-state index contributed by atoms with van der Waals surface area (Å²) in [6.45, 7) is 7.55. The van der Waals surface area contributed by atoms with Crippen molar-refractivity contribution in [2.75, 3.05) is 11.4 Å². The molecule has 0 aliphatic carbocycles. The molecule has 1 saturated heterocycles. The second kappa shape index (κ2) is 10.2. The molecule has 1 aromatic heterocycles. The molecule has 1 amide bonds. The maximum absolute atomic E-state index is 13.4. The summed E-state index contributed by atoms with van der Waals surface area (Å²) in [5, 5.41) is 0. The number of rotatable bonds is 5. The number of hydrogen-bond acceptors (Lipinski definition) is 4. The van der Waals surface area contributed by atoms with E-state index in [2.05, 4.69) is 41.3 Å². The topological polar surface area (TPSA) is 45.7 Å². The standard InChI is InChI=1S/C28H33N3O2/c1-28(2,3)33-27(32)31(23-15-8-5-9-16-23)26-24(17-12-19-29-26)25-18-10-11-20-30(25)21-22-13-6-4-7-14-22/h4-9,12-17,19,25H,10-11,18,20-21H2,1-3H3/t25-/m1/s1. The van der Waals surface area contributed by atoms with Crippen LogP contribution in [0.4, 0.5) is 16.3 Å². The first kappa shape index (κ1) is 23.0. The summed E-state index contributed by atoms with van der Waals surface area (Å²) in [5.41, 5.74) is 2.49. The average molecular weight is 444 g/mol. The van der Waals surface area contributed by atoms with Crippen molar-refractivity contribution in [2.24, 2.45) is 0 Å². The highest BCUT2D eigenvalue weighted by Crippen LogP contribution is 2.39. The second-order valence-electron chi connectivity index (χ2n) is 9.54. The lowest BCUT2D eigenvalue weighted by molar-refractivity contribution is 0.0597. The van der Waals surface area contributed by atoms with Crippen LogP contribution in [0.25, 0.3) is 0 Å². The number of ether oxygens (including phenoxy) is 1. The fourth-order valence-corrected chi connectivity index (χ4v) is 4.41. The monoisotopic (exact) mass is 443 g/mol. The Morgan fingerprint density at radius 3 is 2.39 bits per heavy atom. The maximum Gasteiger partial charge on any atom is 0.420 e. The molecule has 1 atom stereocenters. The predicted octanol–water partition coefficient (Wildman–Crippen LogP) is 6.88. The Kier molecular flexibility index (Phi) is 7.09. The SMILES string of the molecule is CC(C)(C)OC(=O)N(c1ccccc1)c1ncccc1[C@H]1CCCCN1Cc1ccccc1. The third-order valence-electron chi connectivity index (χ3n) is 5.82. The number of likely N-dealkylation sites (tertiary alicyclic amines) is 1. The smallest absolute Gasteiger partial charge is 0.420 e. The highest BCUT2D eigenvalue weighted by atomic mass is 16.6. The Bertz CT molecular complexity index is 1050. The van der Waals surface area contributed by atoms with Gasteiger partial charge in [-0.1, -0.05) is 61.0 Å². The van der Waals surface area contributed by atoms with E-state index in [1.54, 1.807) is 11.1 Å². The van der Waals surface area contributed by atoms with Crippen molar-refractivity contribution in [1.29, 1.82) is 0 Å². The number of benzene rings is 2. The Morgan fingerprint density at radius 1 is 1.00 bits per heavy atom. The van der Waals surface area contributed by atoms with E-state index in [0.29, 0.717) is 5.82 Å². The molecule has 5 nitrogen and oxygen atoms in total. The third kappa shape index (κ3) is 5.79. The first-order valence-electron chi connectivity index (χ1n) is 11.7. The fourth-order valence-electron chi connectivity index (χ4n) is 4.41. The quantitative estimate of drug-likeness (QED) is 0.431. The number of carbonyl (C=O) groups excluding carboxylic acids is 1. The maximum atomic E-state index is 13.4. The number of nitrogens with zero attached hydrogens (tertiary/aromatic N) is 3. The van der Waals surface area contributed by atoms with Gasteiger partial charge in [-0.15, -0.1) is 0 Å². The summed E-state index contributed by atoms with van der Waals surface area (Å²) in [5.74, 6) is 0.642. The first-order chi connectivity index (χ1) is 15.9. The average Bonchev–Trinajstić information content (AvgIpc) is 2.80. The van der Waals surface area contributed by atoms with E-state index >= 15 is 0 Å². The van der Waals surface area contributed by atoms with Crippen molar-refractivity contribution in [1.82, 2.24) is 9.88 Å².